The van der Waals surface area contributed by atoms with Gasteiger partial charge in [0.05, 0.1) is 33.0 Å². The molecule has 2 bridgehead atoms. The molecular weight excluding hydrogens is 753 g/mol. The fourth-order valence-electron chi connectivity index (χ4n) is 13.5. The van der Waals surface area contributed by atoms with Gasteiger partial charge in [-0.15, -0.1) is 0 Å². The third kappa shape index (κ3) is 5.20. The van der Waals surface area contributed by atoms with Crippen molar-refractivity contribution < 1.29 is 43.5 Å². The molecule has 59 heavy (non-hydrogen) atoms. The second kappa shape index (κ2) is 13.8. The normalized spacial score (nSPS) is 37.0. The lowest BCUT2D eigenvalue weighted by atomic mass is 9.47. The van der Waals surface area contributed by atoms with Gasteiger partial charge in [-0.25, -0.2) is 4.79 Å². The molecule has 6 heterocycles. The Balaban J connectivity index is 1.36. The highest BCUT2D eigenvalue weighted by Crippen LogP contribution is 2.68. The number of aliphatic hydroxyl groups is 2. The van der Waals surface area contributed by atoms with Gasteiger partial charge in [-0.2, -0.15) is 0 Å². The Labute approximate surface area is 345 Å². The number of aromatic nitrogens is 1. The number of piperidine rings is 1. The highest BCUT2D eigenvalue weighted by atomic mass is 16.6. The van der Waals surface area contributed by atoms with Crippen molar-refractivity contribution in [3.05, 3.63) is 70.9 Å². The SMILES string of the molecule is CC[C@]1(O)C[C@@H]2CN(CCc3c([nH]c4ccccc34)[C@@](C(=O)OC)(c3cc4c(cc3OC)N(C)C3[C@]45CCN4CC=C[C@@](CC)([C@@H](OC(C)=O)[C@]3(O)C(=O)OC)[C@H]45)C2)C1. The topological polar surface area (TPSA) is 154 Å². The molecule has 1 spiro atoms. The number of ether oxygens (including phenoxy) is 4. The number of fused-ring (bicyclic) bond motifs is 6. The number of hydrogen-bond acceptors (Lipinski definition) is 12. The van der Waals surface area contributed by atoms with Gasteiger partial charge in [0.25, 0.3) is 0 Å². The van der Waals surface area contributed by atoms with Crippen LogP contribution in [0.5, 0.6) is 5.75 Å². The first kappa shape index (κ1) is 40.0. The second-order valence-electron chi connectivity index (χ2n) is 18.2. The van der Waals surface area contributed by atoms with Gasteiger partial charge in [-0.3, -0.25) is 19.4 Å². The van der Waals surface area contributed by atoms with Gasteiger partial charge in [0.15, 0.2) is 6.10 Å². The van der Waals surface area contributed by atoms with Gasteiger partial charge in [0.1, 0.15) is 11.2 Å². The predicted octanol–water partition coefficient (Wildman–Crippen LogP) is 3.99. The highest BCUT2D eigenvalue weighted by molar-refractivity contribution is 5.95. The minimum atomic E-state index is -2.30. The first-order valence-electron chi connectivity index (χ1n) is 21.2. The Morgan fingerprint density at radius 3 is 2.41 bits per heavy atom. The molecule has 0 radical (unpaired) electrons. The van der Waals surface area contributed by atoms with E-state index in [9.17, 15) is 19.8 Å². The fourth-order valence-corrected chi connectivity index (χ4v) is 13.5. The molecule has 6 aliphatic rings. The Morgan fingerprint density at radius 2 is 1.71 bits per heavy atom. The summed E-state index contributed by atoms with van der Waals surface area (Å²) in [7, 11) is 6.15. The van der Waals surface area contributed by atoms with E-state index in [0.717, 1.165) is 33.4 Å². The maximum atomic E-state index is 15.3. The van der Waals surface area contributed by atoms with Crippen LogP contribution in [0, 0.1) is 11.3 Å². The van der Waals surface area contributed by atoms with Crippen LogP contribution < -0.4 is 9.64 Å². The van der Waals surface area contributed by atoms with Crippen LogP contribution in [0.15, 0.2) is 48.6 Å². The van der Waals surface area contributed by atoms with E-state index in [0.29, 0.717) is 82.6 Å². The van der Waals surface area contributed by atoms with Gasteiger partial charge in [0.2, 0.25) is 5.60 Å². The highest BCUT2D eigenvalue weighted by Gasteiger charge is 2.80. The molecule has 3 aromatic rings. The van der Waals surface area contributed by atoms with Crippen molar-refractivity contribution in [2.45, 2.75) is 99.5 Å². The number of H-pyrrole nitrogens is 1. The molecule has 3 N–H and O–H groups in total. The third-order valence-electron chi connectivity index (χ3n) is 15.6. The van der Waals surface area contributed by atoms with Crippen LogP contribution in [0.25, 0.3) is 10.9 Å². The van der Waals surface area contributed by atoms with Crippen molar-refractivity contribution in [3.63, 3.8) is 0 Å². The zero-order chi connectivity index (χ0) is 41.9. The first-order valence-corrected chi connectivity index (χ1v) is 21.2. The minimum absolute atomic E-state index is 0.0986. The van der Waals surface area contributed by atoms with Crippen LogP contribution in [0.4, 0.5) is 5.69 Å². The van der Waals surface area contributed by atoms with E-state index in [4.69, 9.17) is 18.9 Å². The molecule has 1 aromatic heterocycles. The standard InChI is InChI=1S/C46H58N4O9/c1-8-42(54)23-28-24-45(40(52)57-6,36-30(15-19-49(25-28)26-42)29-13-10-11-14-33(29)47-36)32-21-31-34(22-35(32)56-5)48(4)38-44(31)17-20-50-18-12-16-43(9-2,37(44)50)39(59-27(3)51)46(38,55)41(53)58-7/h10-14,16,21-22,28,37-39,47,54-55H,8-9,15,17-20,23-26H2,1-7H3/t28-,37-,38?,39+,42-,43+,44+,45-,46-/m0/s1. The number of para-hydroxylation sites is 1. The number of nitrogens with one attached hydrogen (secondary N) is 1. The zero-order valence-electron chi connectivity index (χ0n) is 35.3. The number of rotatable bonds is 7. The molecule has 9 rings (SSSR count). The maximum Gasteiger partial charge on any atom is 0.344 e. The monoisotopic (exact) mass is 810 g/mol. The summed E-state index contributed by atoms with van der Waals surface area (Å²) in [5, 5.41) is 26.3. The number of anilines is 1. The van der Waals surface area contributed by atoms with Crippen molar-refractivity contribution in [1.29, 1.82) is 0 Å². The molecule has 1 saturated carbocycles. The number of hydrogen-bond donors (Lipinski definition) is 3. The average molecular weight is 811 g/mol. The maximum absolute atomic E-state index is 15.3. The fraction of sp³-hybridized carbons (Fsp3) is 0.587. The molecule has 0 amide bonds. The summed E-state index contributed by atoms with van der Waals surface area (Å²) >= 11 is 0. The molecule has 3 fully saturated rings. The van der Waals surface area contributed by atoms with Gasteiger partial charge in [-0.05, 0) is 74.2 Å². The molecule has 2 unspecified atom stereocenters. The molecule has 10 atom stereocenters. The number of carbonyl (C=O) groups excluding carboxylic acids is 3. The Kier molecular flexibility index (Phi) is 9.36. The molecule has 5 aliphatic heterocycles. The van der Waals surface area contributed by atoms with Crippen LogP contribution in [-0.2, 0) is 45.8 Å². The van der Waals surface area contributed by atoms with E-state index in [-0.39, 0.29) is 12.0 Å². The summed E-state index contributed by atoms with van der Waals surface area (Å²) < 4.78 is 23.9. The van der Waals surface area contributed by atoms with E-state index >= 15 is 4.79 Å². The lowest BCUT2D eigenvalue weighted by Gasteiger charge is -2.63. The lowest BCUT2D eigenvalue weighted by Crippen LogP contribution is -2.81. The van der Waals surface area contributed by atoms with E-state index < -0.39 is 57.5 Å². The molecule has 2 aromatic carbocycles. The Morgan fingerprint density at radius 1 is 0.949 bits per heavy atom. The largest absolute Gasteiger partial charge is 0.496 e. The van der Waals surface area contributed by atoms with E-state index in [2.05, 4.69) is 39.1 Å². The van der Waals surface area contributed by atoms with E-state index in [1.165, 1.54) is 21.1 Å². The van der Waals surface area contributed by atoms with Crippen molar-refractivity contribution in [2.75, 3.05) is 66.0 Å². The summed E-state index contributed by atoms with van der Waals surface area (Å²) in [6, 6.07) is 11.0. The molecule has 2 saturated heterocycles. The van der Waals surface area contributed by atoms with E-state index in [1.54, 1.807) is 7.11 Å². The smallest absolute Gasteiger partial charge is 0.344 e. The number of methoxy groups -OCH3 is 3. The van der Waals surface area contributed by atoms with Crippen LogP contribution in [0.1, 0.15) is 75.3 Å². The van der Waals surface area contributed by atoms with Crippen molar-refractivity contribution in [1.82, 2.24) is 14.8 Å². The van der Waals surface area contributed by atoms with Crippen LogP contribution in [-0.4, -0.2) is 133 Å². The number of likely N-dealkylation sites (N-methyl/N-ethyl adjacent to an activating group) is 1. The third-order valence-corrected chi connectivity index (χ3v) is 15.6. The average Bonchev–Trinajstić information content (AvgIpc) is 3.90. The summed E-state index contributed by atoms with van der Waals surface area (Å²) in [4.78, 5) is 53.2. The summed E-state index contributed by atoms with van der Waals surface area (Å²) in [6.07, 6.45) is 5.94. The summed E-state index contributed by atoms with van der Waals surface area (Å²) in [6.45, 7) is 8.62. The molecular formula is C46H58N4O9. The van der Waals surface area contributed by atoms with Crippen LogP contribution in [0.2, 0.25) is 0 Å². The number of benzene rings is 2. The van der Waals surface area contributed by atoms with Crippen molar-refractivity contribution >= 4 is 34.5 Å². The quantitative estimate of drug-likeness (QED) is 0.180. The van der Waals surface area contributed by atoms with Gasteiger partial charge < -0.3 is 39.0 Å². The number of carbonyl (C=O) groups is 3. The first-order chi connectivity index (χ1) is 28.2. The Hall–Kier alpha value is -4.43. The van der Waals surface area contributed by atoms with Gasteiger partial charge >= 0.3 is 17.9 Å². The van der Waals surface area contributed by atoms with E-state index in [1.807, 2.05) is 50.1 Å². The number of nitrogens with zero attached hydrogens (tertiary/aromatic N) is 3. The second-order valence-corrected chi connectivity index (χ2v) is 18.2. The molecule has 1 aliphatic carbocycles. The molecule has 316 valence electrons. The summed E-state index contributed by atoms with van der Waals surface area (Å²) in [5.41, 5.74) is -1.62. The molecule has 13 nitrogen and oxygen atoms in total. The lowest BCUT2D eigenvalue weighted by molar-refractivity contribution is -0.228. The zero-order valence-corrected chi connectivity index (χ0v) is 35.3. The predicted molar refractivity (Wildman–Crippen MR) is 220 cm³/mol. The number of aromatic amines is 1. The van der Waals surface area contributed by atoms with Crippen molar-refractivity contribution in [3.8, 4) is 5.75 Å². The summed E-state index contributed by atoms with van der Waals surface area (Å²) in [5.74, 6) is -1.56. The van der Waals surface area contributed by atoms with Crippen LogP contribution in [0.3, 0.4) is 0 Å². The van der Waals surface area contributed by atoms with Crippen molar-refractivity contribution in [2.24, 2.45) is 11.3 Å². The van der Waals surface area contributed by atoms with Gasteiger partial charge in [0, 0.05) is 90.9 Å². The minimum Gasteiger partial charge on any atom is -0.496 e. The Bertz CT molecular complexity index is 2260. The number of esters is 3. The molecule has 13 heteroatoms. The van der Waals surface area contributed by atoms with Gasteiger partial charge in [-0.1, -0.05) is 44.2 Å². The van der Waals surface area contributed by atoms with Crippen LogP contribution >= 0.6 is 0 Å².